The van der Waals surface area contributed by atoms with Crippen LogP contribution in [-0.4, -0.2) is 22.7 Å². The van der Waals surface area contributed by atoms with Crippen molar-refractivity contribution < 1.29 is 9.90 Å². The molecule has 0 atom stereocenters. The van der Waals surface area contributed by atoms with Crippen LogP contribution in [0.3, 0.4) is 0 Å². The lowest BCUT2D eigenvalue weighted by Gasteiger charge is -2.06. The van der Waals surface area contributed by atoms with Crippen molar-refractivity contribution in [1.29, 1.82) is 0 Å². The number of rotatable bonds is 1. The number of aliphatic hydroxyl groups excluding tert-OH is 1. The largest absolute Gasteiger partial charge is 0.398 e. The summed E-state index contributed by atoms with van der Waals surface area (Å²) in [6.45, 7) is 3.81. The van der Waals surface area contributed by atoms with Crippen LogP contribution in [0.2, 0.25) is 0 Å². The van der Waals surface area contributed by atoms with E-state index in [2.05, 4.69) is 10.3 Å². The Bertz CT molecular complexity index is 584. The van der Waals surface area contributed by atoms with Gasteiger partial charge in [-0.05, 0) is 38.1 Å². The van der Waals surface area contributed by atoms with Gasteiger partial charge in [-0.1, -0.05) is 0 Å². The van der Waals surface area contributed by atoms with Gasteiger partial charge in [0, 0.05) is 29.1 Å². The van der Waals surface area contributed by atoms with Crippen molar-refractivity contribution in [2.24, 2.45) is 5.73 Å². The van der Waals surface area contributed by atoms with E-state index >= 15 is 0 Å². The lowest BCUT2D eigenvalue weighted by Crippen LogP contribution is -2.19. The fourth-order valence-corrected chi connectivity index (χ4v) is 1.61. The predicted octanol–water partition coefficient (Wildman–Crippen LogP) is 1.61. The van der Waals surface area contributed by atoms with E-state index in [1.165, 1.54) is 0 Å². The highest BCUT2D eigenvalue weighted by atomic mass is 16.2. The third-order valence-corrected chi connectivity index (χ3v) is 2.24. The minimum atomic E-state index is -0.599. The number of anilines is 2. The van der Waals surface area contributed by atoms with Crippen LogP contribution in [0.1, 0.15) is 12.6 Å². The molecule has 0 radical (unpaired) electrons. The summed E-state index contributed by atoms with van der Waals surface area (Å²) >= 11 is 0. The van der Waals surface area contributed by atoms with E-state index in [0.29, 0.717) is 11.4 Å². The quantitative estimate of drug-likeness (QED) is 0.625. The molecule has 2 amide bonds. The van der Waals surface area contributed by atoms with Crippen LogP contribution in [0, 0.1) is 6.92 Å². The summed E-state index contributed by atoms with van der Waals surface area (Å²) in [6.07, 6.45) is 0. The summed E-state index contributed by atoms with van der Waals surface area (Å²) in [7, 11) is 0. The normalized spacial score (nSPS) is 9.63. The van der Waals surface area contributed by atoms with Gasteiger partial charge in [0.1, 0.15) is 0 Å². The zero-order chi connectivity index (χ0) is 14.4. The maximum absolute atomic E-state index is 10.7. The Morgan fingerprint density at radius 2 is 2.05 bits per heavy atom. The van der Waals surface area contributed by atoms with Crippen molar-refractivity contribution in [3.05, 3.63) is 30.0 Å². The number of pyridine rings is 1. The summed E-state index contributed by atoms with van der Waals surface area (Å²) in [5.74, 6) is 0. The van der Waals surface area contributed by atoms with Gasteiger partial charge in [0.05, 0.1) is 5.52 Å². The van der Waals surface area contributed by atoms with E-state index < -0.39 is 6.03 Å². The molecule has 2 aromatic rings. The number of aromatic nitrogens is 1. The van der Waals surface area contributed by atoms with Gasteiger partial charge in [-0.25, -0.2) is 4.79 Å². The third-order valence-electron chi connectivity index (χ3n) is 2.24. The maximum Gasteiger partial charge on any atom is 0.316 e. The number of nitrogens with zero attached hydrogens (tertiary/aromatic N) is 1. The molecule has 0 saturated carbocycles. The van der Waals surface area contributed by atoms with Crippen molar-refractivity contribution in [3.63, 3.8) is 0 Å². The Labute approximate surface area is 111 Å². The molecular formula is C13H18N4O2. The zero-order valence-electron chi connectivity index (χ0n) is 11.0. The molecule has 0 spiro atoms. The average molecular weight is 262 g/mol. The summed E-state index contributed by atoms with van der Waals surface area (Å²) in [5, 5.41) is 10.9. The number of nitrogens with two attached hydrogens (primary N) is 2. The number of hydrogen-bond donors (Lipinski definition) is 4. The van der Waals surface area contributed by atoms with Crippen LogP contribution in [-0.2, 0) is 0 Å². The summed E-state index contributed by atoms with van der Waals surface area (Å²) in [5.41, 5.74) is 13.8. The van der Waals surface area contributed by atoms with Gasteiger partial charge in [-0.2, -0.15) is 0 Å². The molecule has 0 saturated heterocycles. The first-order chi connectivity index (χ1) is 8.97. The number of nitrogens with one attached hydrogen (secondary N) is 1. The topological polar surface area (TPSA) is 114 Å². The second-order valence-electron chi connectivity index (χ2n) is 3.89. The highest BCUT2D eigenvalue weighted by Crippen LogP contribution is 2.23. The van der Waals surface area contributed by atoms with Gasteiger partial charge in [0.2, 0.25) is 0 Å². The Hall–Kier alpha value is -2.34. The number of fused-ring (bicyclic) bond motifs is 1. The SMILES string of the molecule is CCO.Cc1cc(N)c2cc(NC(N)=O)ccc2n1. The molecule has 2 rings (SSSR count). The number of nitrogen functional groups attached to an aromatic ring is 1. The van der Waals surface area contributed by atoms with Crippen LogP contribution < -0.4 is 16.8 Å². The lowest BCUT2D eigenvalue weighted by molar-refractivity contribution is 0.259. The van der Waals surface area contributed by atoms with E-state index in [-0.39, 0.29) is 6.61 Å². The molecule has 102 valence electrons. The molecule has 0 fully saturated rings. The molecule has 0 aliphatic heterocycles. The second-order valence-corrected chi connectivity index (χ2v) is 3.89. The molecule has 0 aliphatic rings. The summed E-state index contributed by atoms with van der Waals surface area (Å²) in [4.78, 5) is 15.0. The Kier molecular flexibility index (Phi) is 5.08. The van der Waals surface area contributed by atoms with Crippen LogP contribution in [0.25, 0.3) is 10.9 Å². The lowest BCUT2D eigenvalue weighted by atomic mass is 10.1. The maximum atomic E-state index is 10.7. The van der Waals surface area contributed by atoms with Crippen LogP contribution in [0.5, 0.6) is 0 Å². The third kappa shape index (κ3) is 4.11. The van der Waals surface area contributed by atoms with E-state index in [1.54, 1.807) is 31.2 Å². The van der Waals surface area contributed by atoms with Crippen molar-refractivity contribution in [2.75, 3.05) is 17.7 Å². The number of benzene rings is 1. The van der Waals surface area contributed by atoms with Crippen LogP contribution in [0.4, 0.5) is 16.2 Å². The molecule has 0 bridgehead atoms. The van der Waals surface area contributed by atoms with Crippen molar-refractivity contribution in [2.45, 2.75) is 13.8 Å². The second kappa shape index (κ2) is 6.55. The highest BCUT2D eigenvalue weighted by molar-refractivity contribution is 5.96. The van der Waals surface area contributed by atoms with E-state index in [1.807, 2.05) is 6.92 Å². The van der Waals surface area contributed by atoms with Gasteiger partial charge < -0.3 is 21.9 Å². The predicted molar refractivity (Wildman–Crippen MR) is 76.9 cm³/mol. The molecule has 6 heteroatoms. The molecule has 1 aromatic carbocycles. The minimum absolute atomic E-state index is 0.250. The Balaban J connectivity index is 0.000000550. The number of aryl methyl sites for hydroxylation is 1. The molecule has 0 aliphatic carbocycles. The number of aliphatic hydroxyl groups is 1. The van der Waals surface area contributed by atoms with E-state index in [0.717, 1.165) is 16.6 Å². The molecule has 19 heavy (non-hydrogen) atoms. The fourth-order valence-electron chi connectivity index (χ4n) is 1.61. The standard InChI is InChI=1S/C11H12N4O.C2H6O/c1-6-4-9(12)8-5-7(15-11(13)16)2-3-10(8)14-6;1-2-3/h2-5H,1H3,(H2,12,14)(H3,13,15,16);3H,2H2,1H3. The summed E-state index contributed by atoms with van der Waals surface area (Å²) in [6, 6.07) is 6.47. The summed E-state index contributed by atoms with van der Waals surface area (Å²) < 4.78 is 0. The van der Waals surface area contributed by atoms with Crippen molar-refractivity contribution in [1.82, 2.24) is 4.98 Å². The number of amides is 2. The zero-order valence-corrected chi connectivity index (χ0v) is 11.0. The van der Waals surface area contributed by atoms with Crippen molar-refractivity contribution >= 4 is 28.3 Å². The monoisotopic (exact) mass is 262 g/mol. The molecular weight excluding hydrogens is 244 g/mol. The molecule has 1 aromatic heterocycles. The number of primary amides is 1. The molecule has 0 unspecified atom stereocenters. The number of hydrogen-bond acceptors (Lipinski definition) is 4. The number of carbonyl (C=O) groups excluding carboxylic acids is 1. The van der Waals surface area contributed by atoms with Crippen LogP contribution in [0.15, 0.2) is 24.3 Å². The van der Waals surface area contributed by atoms with Gasteiger partial charge >= 0.3 is 6.03 Å². The minimum Gasteiger partial charge on any atom is -0.398 e. The van der Waals surface area contributed by atoms with E-state index in [4.69, 9.17) is 16.6 Å². The highest BCUT2D eigenvalue weighted by Gasteiger charge is 2.03. The smallest absolute Gasteiger partial charge is 0.316 e. The number of carbonyl (C=O) groups is 1. The molecule has 1 heterocycles. The van der Waals surface area contributed by atoms with Crippen molar-refractivity contribution in [3.8, 4) is 0 Å². The first-order valence-corrected chi connectivity index (χ1v) is 5.82. The average Bonchev–Trinajstić information content (AvgIpc) is 2.30. The van der Waals surface area contributed by atoms with Gasteiger partial charge in [-0.3, -0.25) is 4.98 Å². The van der Waals surface area contributed by atoms with Gasteiger partial charge in [-0.15, -0.1) is 0 Å². The van der Waals surface area contributed by atoms with Gasteiger partial charge in [0.15, 0.2) is 0 Å². The molecule has 6 nitrogen and oxygen atoms in total. The first kappa shape index (κ1) is 14.7. The van der Waals surface area contributed by atoms with Crippen LogP contribution >= 0.6 is 0 Å². The first-order valence-electron chi connectivity index (χ1n) is 5.82. The van der Waals surface area contributed by atoms with Gasteiger partial charge in [0.25, 0.3) is 0 Å². The number of urea groups is 1. The fraction of sp³-hybridized carbons (Fsp3) is 0.231. The molecule has 6 N–H and O–H groups in total. The Morgan fingerprint density at radius 3 is 2.63 bits per heavy atom. The Morgan fingerprint density at radius 1 is 1.42 bits per heavy atom. The van der Waals surface area contributed by atoms with E-state index in [9.17, 15) is 4.79 Å².